The SMILES string of the molecule is Cc1cncc(CN2CC[C@](O)(c3cn(C(C)C)nn3)C2)c1. The van der Waals surface area contributed by atoms with Crippen molar-refractivity contribution in [1.82, 2.24) is 24.9 Å². The third-order valence-corrected chi connectivity index (χ3v) is 4.18. The molecule has 1 aliphatic heterocycles. The number of aryl methyl sites for hydroxylation is 1. The molecule has 0 saturated carbocycles. The minimum absolute atomic E-state index is 0.251. The van der Waals surface area contributed by atoms with E-state index in [2.05, 4.69) is 26.3 Å². The Morgan fingerprint density at radius 1 is 1.36 bits per heavy atom. The van der Waals surface area contributed by atoms with E-state index in [1.807, 2.05) is 39.4 Å². The highest BCUT2D eigenvalue weighted by Gasteiger charge is 2.40. The Morgan fingerprint density at radius 3 is 2.86 bits per heavy atom. The lowest BCUT2D eigenvalue weighted by atomic mass is 10.00. The second kappa shape index (κ2) is 5.78. The van der Waals surface area contributed by atoms with Crippen LogP contribution in [0, 0.1) is 6.92 Å². The van der Waals surface area contributed by atoms with E-state index >= 15 is 0 Å². The summed E-state index contributed by atoms with van der Waals surface area (Å²) < 4.78 is 1.79. The van der Waals surface area contributed by atoms with E-state index in [-0.39, 0.29) is 6.04 Å². The second-order valence-electron chi connectivity index (χ2n) is 6.54. The Kier molecular flexibility index (Phi) is 3.97. The molecule has 22 heavy (non-hydrogen) atoms. The molecule has 6 nitrogen and oxygen atoms in total. The summed E-state index contributed by atoms with van der Waals surface area (Å²) in [6.45, 7) is 8.37. The van der Waals surface area contributed by atoms with E-state index in [4.69, 9.17) is 0 Å². The van der Waals surface area contributed by atoms with Crippen molar-refractivity contribution in [2.45, 2.75) is 45.4 Å². The van der Waals surface area contributed by atoms with E-state index < -0.39 is 5.60 Å². The molecule has 1 N–H and O–H groups in total. The van der Waals surface area contributed by atoms with Gasteiger partial charge in [-0.05, 0) is 38.3 Å². The van der Waals surface area contributed by atoms with E-state index in [1.165, 1.54) is 5.56 Å². The molecular weight excluding hydrogens is 278 g/mol. The molecule has 3 rings (SSSR count). The zero-order valence-corrected chi connectivity index (χ0v) is 13.4. The molecule has 2 aromatic heterocycles. The van der Waals surface area contributed by atoms with Crippen molar-refractivity contribution in [3.8, 4) is 0 Å². The molecule has 0 spiro atoms. The standard InChI is InChI=1S/C16H23N5O/c1-12(2)21-10-15(18-19-21)16(22)4-5-20(11-16)9-14-6-13(3)7-17-8-14/h6-8,10,12,22H,4-5,9,11H2,1-3H3/t16-/m1/s1. The van der Waals surface area contributed by atoms with Crippen LogP contribution >= 0.6 is 0 Å². The van der Waals surface area contributed by atoms with Crippen molar-refractivity contribution in [2.75, 3.05) is 13.1 Å². The van der Waals surface area contributed by atoms with Gasteiger partial charge in [-0.1, -0.05) is 11.3 Å². The fourth-order valence-corrected chi connectivity index (χ4v) is 2.92. The van der Waals surface area contributed by atoms with Crippen LogP contribution in [0.15, 0.2) is 24.7 Å². The summed E-state index contributed by atoms with van der Waals surface area (Å²) in [5, 5.41) is 19.2. The number of β-amino-alcohol motifs (C(OH)–C–C–N with tert-alkyl or cyclic N) is 1. The van der Waals surface area contributed by atoms with Crippen molar-refractivity contribution < 1.29 is 5.11 Å². The molecule has 0 aliphatic carbocycles. The molecule has 1 saturated heterocycles. The number of rotatable bonds is 4. The third-order valence-electron chi connectivity index (χ3n) is 4.18. The fraction of sp³-hybridized carbons (Fsp3) is 0.562. The predicted molar refractivity (Wildman–Crippen MR) is 83.2 cm³/mol. The minimum atomic E-state index is -0.898. The van der Waals surface area contributed by atoms with Crippen LogP contribution in [0.5, 0.6) is 0 Å². The van der Waals surface area contributed by atoms with Gasteiger partial charge in [-0.25, -0.2) is 4.68 Å². The average molecular weight is 301 g/mol. The first-order chi connectivity index (χ1) is 10.5. The molecule has 0 bridgehead atoms. The largest absolute Gasteiger partial charge is 0.382 e. The molecular formula is C16H23N5O. The maximum atomic E-state index is 10.9. The maximum absolute atomic E-state index is 10.9. The Balaban J connectivity index is 1.70. The molecule has 0 unspecified atom stereocenters. The molecule has 3 heterocycles. The van der Waals surface area contributed by atoms with Gasteiger partial charge >= 0.3 is 0 Å². The summed E-state index contributed by atoms with van der Waals surface area (Å²) in [5.74, 6) is 0. The summed E-state index contributed by atoms with van der Waals surface area (Å²) in [6.07, 6.45) is 6.29. The lowest BCUT2D eigenvalue weighted by Gasteiger charge is -2.21. The van der Waals surface area contributed by atoms with Gasteiger partial charge in [-0.2, -0.15) is 0 Å². The van der Waals surface area contributed by atoms with Gasteiger partial charge in [0.2, 0.25) is 0 Å². The zero-order chi connectivity index (χ0) is 15.7. The molecule has 0 radical (unpaired) electrons. The Bertz CT molecular complexity index is 653. The second-order valence-corrected chi connectivity index (χ2v) is 6.54. The van der Waals surface area contributed by atoms with E-state index in [9.17, 15) is 5.11 Å². The minimum Gasteiger partial charge on any atom is -0.382 e. The van der Waals surface area contributed by atoms with Crippen LogP contribution in [0.1, 0.15) is 43.1 Å². The summed E-state index contributed by atoms with van der Waals surface area (Å²) in [4.78, 5) is 6.47. The summed E-state index contributed by atoms with van der Waals surface area (Å²) in [5.41, 5.74) is 2.11. The van der Waals surface area contributed by atoms with Gasteiger partial charge in [0, 0.05) is 38.1 Å². The number of aliphatic hydroxyl groups is 1. The Labute approximate surface area is 130 Å². The maximum Gasteiger partial charge on any atom is 0.124 e. The lowest BCUT2D eigenvalue weighted by molar-refractivity contribution is 0.0408. The highest BCUT2D eigenvalue weighted by Crippen LogP contribution is 2.31. The van der Waals surface area contributed by atoms with E-state index in [0.29, 0.717) is 18.7 Å². The van der Waals surface area contributed by atoms with Crippen LogP contribution in [-0.4, -0.2) is 43.1 Å². The van der Waals surface area contributed by atoms with E-state index in [1.54, 1.807) is 4.68 Å². The topological polar surface area (TPSA) is 67.1 Å². The Morgan fingerprint density at radius 2 is 2.18 bits per heavy atom. The molecule has 1 fully saturated rings. The first kappa shape index (κ1) is 15.1. The van der Waals surface area contributed by atoms with Crippen molar-refractivity contribution in [3.05, 3.63) is 41.5 Å². The molecule has 0 aromatic carbocycles. The van der Waals surface area contributed by atoms with Crippen LogP contribution in [0.2, 0.25) is 0 Å². The van der Waals surface area contributed by atoms with Crippen LogP contribution in [0.4, 0.5) is 0 Å². The normalized spacial score (nSPS) is 22.6. The highest BCUT2D eigenvalue weighted by molar-refractivity contribution is 5.18. The fourth-order valence-electron chi connectivity index (χ4n) is 2.92. The molecule has 6 heteroatoms. The average Bonchev–Trinajstić information content (AvgIpc) is 3.07. The van der Waals surface area contributed by atoms with Gasteiger partial charge < -0.3 is 5.11 Å². The molecule has 1 aliphatic rings. The monoisotopic (exact) mass is 301 g/mol. The lowest BCUT2D eigenvalue weighted by Crippen LogP contribution is -2.31. The molecule has 1 atom stereocenters. The molecule has 0 amide bonds. The Hall–Kier alpha value is -1.79. The van der Waals surface area contributed by atoms with Crippen molar-refractivity contribution in [1.29, 1.82) is 0 Å². The predicted octanol–water partition coefficient (Wildman–Crippen LogP) is 1.66. The van der Waals surface area contributed by atoms with Gasteiger partial charge in [0.1, 0.15) is 11.3 Å². The number of nitrogens with zero attached hydrogens (tertiary/aromatic N) is 5. The first-order valence-electron chi connectivity index (χ1n) is 7.74. The van der Waals surface area contributed by atoms with E-state index in [0.717, 1.165) is 18.7 Å². The van der Waals surface area contributed by atoms with Crippen LogP contribution in [0.25, 0.3) is 0 Å². The first-order valence-corrected chi connectivity index (χ1v) is 7.74. The van der Waals surface area contributed by atoms with Gasteiger partial charge in [0.05, 0.1) is 6.20 Å². The summed E-state index contributed by atoms with van der Waals surface area (Å²) in [7, 11) is 0. The van der Waals surface area contributed by atoms with Crippen molar-refractivity contribution in [3.63, 3.8) is 0 Å². The van der Waals surface area contributed by atoms with Gasteiger partial charge in [0.25, 0.3) is 0 Å². The number of aromatic nitrogens is 4. The highest BCUT2D eigenvalue weighted by atomic mass is 16.3. The van der Waals surface area contributed by atoms with Crippen molar-refractivity contribution in [2.24, 2.45) is 0 Å². The molecule has 2 aromatic rings. The molecule has 118 valence electrons. The quantitative estimate of drug-likeness (QED) is 0.930. The third kappa shape index (κ3) is 3.03. The number of likely N-dealkylation sites (tertiary alicyclic amines) is 1. The number of hydrogen-bond donors (Lipinski definition) is 1. The zero-order valence-electron chi connectivity index (χ0n) is 13.4. The number of pyridine rings is 1. The van der Waals surface area contributed by atoms with Crippen LogP contribution < -0.4 is 0 Å². The van der Waals surface area contributed by atoms with Crippen LogP contribution in [-0.2, 0) is 12.1 Å². The van der Waals surface area contributed by atoms with Gasteiger partial charge in [-0.15, -0.1) is 5.10 Å². The van der Waals surface area contributed by atoms with Gasteiger partial charge in [0.15, 0.2) is 0 Å². The van der Waals surface area contributed by atoms with Crippen LogP contribution in [0.3, 0.4) is 0 Å². The van der Waals surface area contributed by atoms with Gasteiger partial charge in [-0.3, -0.25) is 9.88 Å². The summed E-state index contributed by atoms with van der Waals surface area (Å²) >= 11 is 0. The smallest absolute Gasteiger partial charge is 0.124 e. The number of hydrogen-bond acceptors (Lipinski definition) is 5. The summed E-state index contributed by atoms with van der Waals surface area (Å²) in [6, 6.07) is 2.39. The van der Waals surface area contributed by atoms with Crippen molar-refractivity contribution >= 4 is 0 Å².